The average molecular weight is 463 g/mol. The second kappa shape index (κ2) is 8.20. The summed E-state index contributed by atoms with van der Waals surface area (Å²) in [6.45, 7) is 6.45. The van der Waals surface area contributed by atoms with E-state index in [1.54, 1.807) is 4.90 Å². The number of carbonyl (C=O) groups is 1. The number of aryl methyl sites for hydroxylation is 2. The number of amides is 1. The summed E-state index contributed by atoms with van der Waals surface area (Å²) in [6.07, 6.45) is 0. The summed E-state index contributed by atoms with van der Waals surface area (Å²) in [7, 11) is 1.92. The lowest BCUT2D eigenvalue weighted by Crippen LogP contribution is -2.45. The summed E-state index contributed by atoms with van der Waals surface area (Å²) in [6, 6.07) is 12.5. The maximum absolute atomic E-state index is 14.2. The van der Waals surface area contributed by atoms with E-state index in [0.29, 0.717) is 6.54 Å². The van der Waals surface area contributed by atoms with Crippen molar-refractivity contribution in [2.45, 2.75) is 39.3 Å². The molecule has 3 heterocycles. The zero-order valence-corrected chi connectivity index (χ0v) is 19.3. The van der Waals surface area contributed by atoms with Gasteiger partial charge in [-0.25, -0.2) is 8.78 Å². The van der Waals surface area contributed by atoms with Crippen LogP contribution in [-0.4, -0.2) is 31.8 Å². The normalized spacial score (nSPS) is 17.6. The maximum Gasteiger partial charge on any atom is 0.276 e. The van der Waals surface area contributed by atoms with Crippen LogP contribution in [0.2, 0.25) is 0 Å². The highest BCUT2D eigenvalue weighted by Crippen LogP contribution is 2.41. The standard InChI is InChI=1S/C26H24F2N4O2/c1-14-24(15(2)31(4)29-14)25-16(3)32(13-17-7-5-6-8-19(17)25)26(33)22-12-23(34-30-22)20-10-9-18(27)11-21(20)28/h5-12,16,25H,13H2,1-4H3. The lowest BCUT2D eigenvalue weighted by Gasteiger charge is -2.40. The molecule has 34 heavy (non-hydrogen) atoms. The van der Waals surface area contributed by atoms with Crippen molar-refractivity contribution in [2.75, 3.05) is 0 Å². The second-order valence-electron chi connectivity index (χ2n) is 8.76. The van der Waals surface area contributed by atoms with Crippen LogP contribution in [0.1, 0.15) is 51.4 Å². The Morgan fingerprint density at radius 3 is 2.59 bits per heavy atom. The Morgan fingerprint density at radius 1 is 1.12 bits per heavy atom. The van der Waals surface area contributed by atoms with Crippen LogP contribution in [0.15, 0.2) is 53.1 Å². The van der Waals surface area contributed by atoms with Crippen LogP contribution in [-0.2, 0) is 13.6 Å². The van der Waals surface area contributed by atoms with Crippen LogP contribution in [0, 0.1) is 25.5 Å². The molecule has 0 saturated carbocycles. The molecule has 0 N–H and O–H groups in total. The fraction of sp³-hybridized carbons (Fsp3) is 0.269. The van der Waals surface area contributed by atoms with Gasteiger partial charge in [-0.2, -0.15) is 5.10 Å². The van der Waals surface area contributed by atoms with Crippen LogP contribution in [0.4, 0.5) is 8.78 Å². The molecule has 0 bridgehead atoms. The van der Waals surface area contributed by atoms with Crippen LogP contribution < -0.4 is 0 Å². The van der Waals surface area contributed by atoms with Gasteiger partial charge in [0.15, 0.2) is 11.5 Å². The molecule has 2 aromatic carbocycles. The molecule has 2 aromatic heterocycles. The fourth-order valence-corrected chi connectivity index (χ4v) is 4.98. The van der Waals surface area contributed by atoms with Gasteiger partial charge in [0.05, 0.1) is 11.3 Å². The molecule has 8 heteroatoms. The monoisotopic (exact) mass is 462 g/mol. The number of hydrogen-bond donors (Lipinski definition) is 0. The molecule has 174 valence electrons. The first-order chi connectivity index (χ1) is 16.3. The first-order valence-corrected chi connectivity index (χ1v) is 11.1. The Balaban J connectivity index is 1.53. The highest BCUT2D eigenvalue weighted by molar-refractivity contribution is 5.93. The molecule has 0 aliphatic carbocycles. The first kappa shape index (κ1) is 22.0. The average Bonchev–Trinajstić information content (AvgIpc) is 3.38. The third-order valence-corrected chi connectivity index (χ3v) is 6.77. The quantitative estimate of drug-likeness (QED) is 0.423. The number of nitrogens with zero attached hydrogens (tertiary/aromatic N) is 4. The van der Waals surface area contributed by atoms with E-state index in [0.717, 1.165) is 34.6 Å². The minimum atomic E-state index is -0.780. The number of hydrogen-bond acceptors (Lipinski definition) is 4. The van der Waals surface area contributed by atoms with Gasteiger partial charge in [-0.3, -0.25) is 9.48 Å². The lowest BCUT2D eigenvalue weighted by molar-refractivity contribution is 0.0627. The topological polar surface area (TPSA) is 64.2 Å². The number of rotatable bonds is 3. The molecule has 6 nitrogen and oxygen atoms in total. The van der Waals surface area contributed by atoms with E-state index in [4.69, 9.17) is 4.52 Å². The molecule has 0 spiro atoms. The van der Waals surface area contributed by atoms with Crippen LogP contribution >= 0.6 is 0 Å². The number of carbonyl (C=O) groups excluding carboxylic acids is 1. The largest absolute Gasteiger partial charge is 0.355 e. The molecule has 1 aliphatic rings. The summed E-state index contributed by atoms with van der Waals surface area (Å²) in [5.41, 5.74) is 5.43. The van der Waals surface area contributed by atoms with Crippen molar-refractivity contribution in [2.24, 2.45) is 7.05 Å². The summed E-state index contributed by atoms with van der Waals surface area (Å²) in [5, 5.41) is 8.51. The Morgan fingerprint density at radius 2 is 1.88 bits per heavy atom. The Kier molecular flexibility index (Phi) is 5.31. The zero-order valence-electron chi connectivity index (χ0n) is 19.3. The maximum atomic E-state index is 14.2. The SMILES string of the molecule is Cc1nn(C)c(C)c1C1c2ccccc2CN(C(=O)c2cc(-c3ccc(F)cc3F)on2)C1C. The van der Waals surface area contributed by atoms with Crippen molar-refractivity contribution in [1.82, 2.24) is 19.8 Å². The number of halogens is 2. The van der Waals surface area contributed by atoms with Gasteiger partial charge in [0.25, 0.3) is 5.91 Å². The predicted octanol–water partition coefficient (Wildman–Crippen LogP) is 5.15. The number of benzene rings is 2. The molecule has 2 atom stereocenters. The summed E-state index contributed by atoms with van der Waals surface area (Å²) in [5.74, 6) is -1.78. The minimum absolute atomic E-state index is 0.0458. The molecule has 0 radical (unpaired) electrons. The van der Waals surface area contributed by atoms with Crippen molar-refractivity contribution < 1.29 is 18.1 Å². The first-order valence-electron chi connectivity index (χ1n) is 11.1. The van der Waals surface area contributed by atoms with Crippen molar-refractivity contribution in [3.63, 3.8) is 0 Å². The van der Waals surface area contributed by atoms with Crippen molar-refractivity contribution >= 4 is 5.91 Å². The van der Waals surface area contributed by atoms with Gasteiger partial charge < -0.3 is 9.42 Å². The summed E-state index contributed by atoms with van der Waals surface area (Å²) in [4.78, 5) is 15.3. The molecule has 1 aliphatic heterocycles. The van der Waals surface area contributed by atoms with E-state index in [-0.39, 0.29) is 34.9 Å². The van der Waals surface area contributed by atoms with Crippen molar-refractivity contribution in [1.29, 1.82) is 0 Å². The highest BCUT2D eigenvalue weighted by atomic mass is 19.1. The molecule has 1 amide bonds. The van der Waals surface area contributed by atoms with E-state index in [2.05, 4.69) is 16.3 Å². The molecular weight excluding hydrogens is 438 g/mol. The van der Waals surface area contributed by atoms with Crippen LogP contribution in [0.3, 0.4) is 0 Å². The van der Waals surface area contributed by atoms with Crippen molar-refractivity contribution in [3.8, 4) is 11.3 Å². The van der Waals surface area contributed by atoms with Gasteiger partial charge in [0, 0.05) is 48.9 Å². The Bertz CT molecular complexity index is 1410. The summed E-state index contributed by atoms with van der Waals surface area (Å²) >= 11 is 0. The molecule has 4 aromatic rings. The molecule has 5 rings (SSSR count). The fourth-order valence-electron chi connectivity index (χ4n) is 4.98. The van der Waals surface area contributed by atoms with Crippen molar-refractivity contribution in [3.05, 3.63) is 93.9 Å². The zero-order chi connectivity index (χ0) is 24.1. The smallest absolute Gasteiger partial charge is 0.276 e. The van der Waals surface area contributed by atoms with E-state index >= 15 is 0 Å². The van der Waals surface area contributed by atoms with Gasteiger partial charge in [-0.1, -0.05) is 29.4 Å². The third kappa shape index (κ3) is 3.50. The van der Waals surface area contributed by atoms with E-state index in [1.165, 1.54) is 17.7 Å². The van der Waals surface area contributed by atoms with Crippen LogP contribution in [0.25, 0.3) is 11.3 Å². The lowest BCUT2D eigenvalue weighted by atomic mass is 9.78. The highest BCUT2D eigenvalue weighted by Gasteiger charge is 2.39. The third-order valence-electron chi connectivity index (χ3n) is 6.77. The molecule has 2 unspecified atom stereocenters. The molecule has 0 fully saturated rings. The number of aromatic nitrogens is 3. The van der Waals surface area contributed by atoms with Gasteiger partial charge in [-0.05, 0) is 44.0 Å². The van der Waals surface area contributed by atoms with Gasteiger partial charge in [0.1, 0.15) is 11.6 Å². The van der Waals surface area contributed by atoms with Crippen LogP contribution in [0.5, 0.6) is 0 Å². The van der Waals surface area contributed by atoms with Gasteiger partial charge >= 0.3 is 0 Å². The summed E-state index contributed by atoms with van der Waals surface area (Å²) < 4.78 is 34.6. The number of fused-ring (bicyclic) bond motifs is 1. The molecular formula is C26H24F2N4O2. The van der Waals surface area contributed by atoms with Gasteiger partial charge in [0.2, 0.25) is 0 Å². The minimum Gasteiger partial charge on any atom is -0.355 e. The van der Waals surface area contributed by atoms with Gasteiger partial charge in [-0.15, -0.1) is 0 Å². The Labute approximate surface area is 195 Å². The Hall–Kier alpha value is -3.81. The second-order valence-corrected chi connectivity index (χ2v) is 8.76. The van der Waals surface area contributed by atoms with E-state index < -0.39 is 11.6 Å². The predicted molar refractivity (Wildman–Crippen MR) is 122 cm³/mol. The van der Waals surface area contributed by atoms with E-state index in [1.807, 2.05) is 50.7 Å². The van der Waals surface area contributed by atoms with E-state index in [9.17, 15) is 13.6 Å². The molecule has 0 saturated heterocycles.